The highest BCUT2D eigenvalue weighted by Gasteiger charge is 1.97. The fraction of sp³-hybridized carbons (Fsp3) is 1.00. The van der Waals surface area contributed by atoms with Crippen LogP contribution in [0.15, 0.2) is 0 Å². The number of nitrogens with zero attached hydrogens (tertiary/aromatic N) is 1. The molecule has 0 heterocycles. The zero-order valence-electron chi connectivity index (χ0n) is 8.42. The van der Waals surface area contributed by atoms with Crippen molar-refractivity contribution >= 4 is 0 Å². The van der Waals surface area contributed by atoms with Crippen molar-refractivity contribution in [3.63, 3.8) is 0 Å². The average molecular weight is 175 g/mol. The van der Waals surface area contributed by atoms with Crippen molar-refractivity contribution in [2.24, 2.45) is 5.92 Å². The van der Waals surface area contributed by atoms with Crippen LogP contribution in [0.1, 0.15) is 13.8 Å². The van der Waals surface area contributed by atoms with Crippen LogP contribution in [0.25, 0.3) is 0 Å². The minimum Gasteiger partial charge on any atom is -0.395 e. The second-order valence-corrected chi connectivity index (χ2v) is 3.50. The molecule has 0 atom stereocenters. The number of hydrogen-bond acceptors (Lipinski definition) is 3. The normalized spacial score (nSPS) is 11.5. The third kappa shape index (κ3) is 7.98. The van der Waals surface area contributed by atoms with Crippen LogP contribution < -0.4 is 0 Å². The summed E-state index contributed by atoms with van der Waals surface area (Å²) in [7, 11) is 1.98. The third-order valence-electron chi connectivity index (χ3n) is 1.55. The van der Waals surface area contributed by atoms with Crippen LogP contribution in [-0.2, 0) is 4.74 Å². The van der Waals surface area contributed by atoms with Crippen molar-refractivity contribution in [1.29, 1.82) is 0 Å². The lowest BCUT2D eigenvalue weighted by molar-refractivity contribution is 0.0871. The molecule has 0 aromatic rings. The molecule has 0 aliphatic heterocycles. The van der Waals surface area contributed by atoms with Crippen LogP contribution in [-0.4, -0.2) is 50.0 Å². The van der Waals surface area contributed by atoms with E-state index in [0.29, 0.717) is 5.92 Å². The van der Waals surface area contributed by atoms with Crippen LogP contribution in [0, 0.1) is 5.92 Å². The molecule has 3 heteroatoms. The predicted molar refractivity (Wildman–Crippen MR) is 50.2 cm³/mol. The van der Waals surface area contributed by atoms with Crippen LogP contribution in [0.4, 0.5) is 0 Å². The molecule has 74 valence electrons. The predicted octanol–water partition coefficient (Wildman–Crippen LogP) is 0.583. The van der Waals surface area contributed by atoms with Crippen LogP contribution in [0.2, 0.25) is 0 Å². The van der Waals surface area contributed by atoms with Gasteiger partial charge in [0, 0.05) is 19.7 Å². The van der Waals surface area contributed by atoms with Gasteiger partial charge in [-0.1, -0.05) is 13.8 Å². The third-order valence-corrected chi connectivity index (χ3v) is 1.55. The Labute approximate surface area is 75.3 Å². The van der Waals surface area contributed by atoms with Gasteiger partial charge in [0.1, 0.15) is 0 Å². The van der Waals surface area contributed by atoms with Gasteiger partial charge in [-0.3, -0.25) is 0 Å². The van der Waals surface area contributed by atoms with Gasteiger partial charge in [0.25, 0.3) is 0 Å². The van der Waals surface area contributed by atoms with Gasteiger partial charge in [-0.25, -0.2) is 0 Å². The van der Waals surface area contributed by atoms with Crippen LogP contribution >= 0.6 is 0 Å². The van der Waals surface area contributed by atoms with E-state index < -0.39 is 0 Å². The Balaban J connectivity index is 3.08. The molecule has 0 aliphatic carbocycles. The summed E-state index contributed by atoms with van der Waals surface area (Å²) in [4.78, 5) is 2.06. The second kappa shape index (κ2) is 7.53. The van der Waals surface area contributed by atoms with Gasteiger partial charge in [0.15, 0.2) is 0 Å². The Morgan fingerprint density at radius 2 is 2.00 bits per heavy atom. The van der Waals surface area contributed by atoms with E-state index in [9.17, 15) is 0 Å². The molecule has 0 bridgehead atoms. The van der Waals surface area contributed by atoms with Gasteiger partial charge >= 0.3 is 0 Å². The maximum Gasteiger partial charge on any atom is 0.0593 e. The minimum atomic E-state index is 0.223. The fourth-order valence-electron chi connectivity index (χ4n) is 0.822. The number of likely N-dealkylation sites (N-methyl/N-ethyl adjacent to an activating group) is 1. The van der Waals surface area contributed by atoms with Crippen LogP contribution in [0.5, 0.6) is 0 Å². The molecule has 0 saturated carbocycles. The molecule has 0 fully saturated rings. The molecule has 0 unspecified atom stereocenters. The van der Waals surface area contributed by atoms with Gasteiger partial charge < -0.3 is 14.7 Å². The van der Waals surface area contributed by atoms with E-state index in [0.717, 1.165) is 26.3 Å². The van der Waals surface area contributed by atoms with E-state index in [1.807, 2.05) is 7.05 Å². The van der Waals surface area contributed by atoms with Crippen molar-refractivity contribution in [3.8, 4) is 0 Å². The lowest BCUT2D eigenvalue weighted by atomic mass is 10.2. The van der Waals surface area contributed by atoms with Gasteiger partial charge in [0.2, 0.25) is 0 Å². The van der Waals surface area contributed by atoms with Gasteiger partial charge in [-0.2, -0.15) is 0 Å². The molecule has 0 aromatic heterocycles. The number of ether oxygens (including phenoxy) is 1. The molecule has 12 heavy (non-hydrogen) atoms. The number of hydrogen-bond donors (Lipinski definition) is 1. The highest BCUT2D eigenvalue weighted by Crippen LogP contribution is 1.92. The number of aliphatic hydroxyl groups is 1. The molecule has 0 spiro atoms. The van der Waals surface area contributed by atoms with Gasteiger partial charge in [0.05, 0.1) is 13.2 Å². The monoisotopic (exact) mass is 175 g/mol. The van der Waals surface area contributed by atoms with E-state index >= 15 is 0 Å². The summed E-state index contributed by atoms with van der Waals surface area (Å²) in [5.74, 6) is 0.605. The summed E-state index contributed by atoms with van der Waals surface area (Å²) in [6, 6.07) is 0. The SMILES string of the molecule is CC(C)COCCN(C)CCO. The Hall–Kier alpha value is -0.120. The topological polar surface area (TPSA) is 32.7 Å². The fourth-order valence-corrected chi connectivity index (χ4v) is 0.822. The lowest BCUT2D eigenvalue weighted by Crippen LogP contribution is -2.26. The smallest absolute Gasteiger partial charge is 0.0593 e. The van der Waals surface area contributed by atoms with E-state index in [4.69, 9.17) is 9.84 Å². The van der Waals surface area contributed by atoms with Crippen molar-refractivity contribution in [3.05, 3.63) is 0 Å². The Morgan fingerprint density at radius 1 is 1.33 bits per heavy atom. The molecule has 0 saturated heterocycles. The van der Waals surface area contributed by atoms with E-state index in [1.54, 1.807) is 0 Å². The molecule has 0 rings (SSSR count). The van der Waals surface area contributed by atoms with Crippen molar-refractivity contribution < 1.29 is 9.84 Å². The average Bonchev–Trinajstić information content (AvgIpc) is 1.98. The quantitative estimate of drug-likeness (QED) is 0.575. The second-order valence-electron chi connectivity index (χ2n) is 3.50. The van der Waals surface area contributed by atoms with Crippen molar-refractivity contribution in [2.75, 3.05) is 40.0 Å². The first kappa shape index (κ1) is 11.9. The Bertz CT molecular complexity index is 96.5. The molecule has 0 amide bonds. The van der Waals surface area contributed by atoms with Gasteiger partial charge in [-0.15, -0.1) is 0 Å². The highest BCUT2D eigenvalue weighted by molar-refractivity contribution is 4.48. The van der Waals surface area contributed by atoms with E-state index in [-0.39, 0.29) is 6.61 Å². The first-order valence-corrected chi connectivity index (χ1v) is 4.54. The van der Waals surface area contributed by atoms with Crippen molar-refractivity contribution in [1.82, 2.24) is 4.90 Å². The van der Waals surface area contributed by atoms with E-state index in [2.05, 4.69) is 18.7 Å². The maximum absolute atomic E-state index is 8.60. The number of aliphatic hydroxyl groups excluding tert-OH is 1. The standard InChI is InChI=1S/C9H21NO2/c1-9(2)8-12-7-5-10(3)4-6-11/h9,11H,4-8H2,1-3H3. The minimum absolute atomic E-state index is 0.223. The summed E-state index contributed by atoms with van der Waals surface area (Å²) >= 11 is 0. The summed E-state index contributed by atoms with van der Waals surface area (Å²) in [6.07, 6.45) is 0. The molecule has 0 aliphatic rings. The van der Waals surface area contributed by atoms with Crippen molar-refractivity contribution in [2.45, 2.75) is 13.8 Å². The summed E-state index contributed by atoms with van der Waals surface area (Å²) < 4.78 is 5.39. The highest BCUT2D eigenvalue weighted by atomic mass is 16.5. The summed E-state index contributed by atoms with van der Waals surface area (Å²) in [5, 5.41) is 8.60. The Morgan fingerprint density at radius 3 is 2.50 bits per heavy atom. The molecule has 1 N–H and O–H groups in total. The zero-order chi connectivity index (χ0) is 9.40. The molecule has 3 nitrogen and oxygen atoms in total. The summed E-state index contributed by atoms with van der Waals surface area (Å²) in [6.45, 7) is 7.70. The molecular weight excluding hydrogens is 154 g/mol. The Kier molecular flexibility index (Phi) is 7.45. The number of rotatable bonds is 7. The van der Waals surface area contributed by atoms with E-state index in [1.165, 1.54) is 0 Å². The maximum atomic E-state index is 8.60. The molecule has 0 radical (unpaired) electrons. The first-order chi connectivity index (χ1) is 5.66. The van der Waals surface area contributed by atoms with Crippen LogP contribution in [0.3, 0.4) is 0 Å². The lowest BCUT2D eigenvalue weighted by Gasteiger charge is -2.15. The van der Waals surface area contributed by atoms with Gasteiger partial charge in [-0.05, 0) is 13.0 Å². The largest absolute Gasteiger partial charge is 0.395 e. The molecule has 0 aromatic carbocycles. The summed E-state index contributed by atoms with van der Waals surface area (Å²) in [5.41, 5.74) is 0. The molecular formula is C9H21NO2. The first-order valence-electron chi connectivity index (χ1n) is 4.54. The zero-order valence-corrected chi connectivity index (χ0v) is 8.42.